The second-order valence-corrected chi connectivity index (χ2v) is 2.69. The Morgan fingerprint density at radius 3 is 2.15 bits per heavy atom. The third-order valence-corrected chi connectivity index (χ3v) is 1.60. The van der Waals surface area contributed by atoms with Crippen molar-refractivity contribution in [3.05, 3.63) is 12.2 Å². The highest BCUT2D eigenvalue weighted by molar-refractivity contribution is 5.85. The number of hydrogen-bond donors (Lipinski definition) is 3. The van der Waals surface area contributed by atoms with E-state index in [-0.39, 0.29) is 18.1 Å². The summed E-state index contributed by atoms with van der Waals surface area (Å²) < 4.78 is 0. The minimum atomic E-state index is -1.06. The molecule has 0 spiro atoms. The Bertz CT molecular complexity index is 212. The Morgan fingerprint density at radius 1 is 1.38 bits per heavy atom. The van der Waals surface area contributed by atoms with Gasteiger partial charge in [-0.2, -0.15) is 0 Å². The molecule has 0 bridgehead atoms. The van der Waals surface area contributed by atoms with Crippen molar-refractivity contribution in [3.8, 4) is 0 Å². The Kier molecular flexibility index (Phi) is 6.75. The minimum absolute atomic E-state index is 0. The van der Waals surface area contributed by atoms with Crippen LogP contribution in [0.3, 0.4) is 0 Å². The predicted octanol–water partition coefficient (Wildman–Crippen LogP) is 1.50. The van der Waals surface area contributed by atoms with E-state index in [1.807, 2.05) is 0 Å². The van der Waals surface area contributed by atoms with Crippen LogP contribution in [-0.4, -0.2) is 22.2 Å². The molecule has 0 aromatic rings. The van der Waals surface area contributed by atoms with Crippen LogP contribution < -0.4 is 6.15 Å². The van der Waals surface area contributed by atoms with Gasteiger partial charge in [-0.3, -0.25) is 4.79 Å². The summed E-state index contributed by atoms with van der Waals surface area (Å²) in [5.74, 6) is -2.48. The molecule has 5 nitrogen and oxygen atoms in total. The lowest BCUT2D eigenvalue weighted by Crippen LogP contribution is -2.10. The van der Waals surface area contributed by atoms with Crippen molar-refractivity contribution in [2.45, 2.75) is 19.8 Å². The number of carboxylic acid groups (broad SMARTS) is 2. The van der Waals surface area contributed by atoms with Crippen LogP contribution >= 0.6 is 0 Å². The SMILES string of the molecule is C=C(CCC(C)C(=O)O)C(=O)O.[NH4+]. The van der Waals surface area contributed by atoms with E-state index in [4.69, 9.17) is 10.2 Å². The van der Waals surface area contributed by atoms with Crippen LogP contribution in [0.2, 0.25) is 0 Å². The average molecular weight is 190 g/mol. The third kappa shape index (κ3) is 5.86. The maximum Gasteiger partial charge on any atom is 0.330 e. The molecule has 0 aliphatic carbocycles. The van der Waals surface area contributed by atoms with Crippen molar-refractivity contribution >= 4 is 11.9 Å². The third-order valence-electron chi connectivity index (χ3n) is 1.60. The van der Waals surface area contributed by atoms with Gasteiger partial charge in [0, 0.05) is 5.57 Å². The van der Waals surface area contributed by atoms with Crippen molar-refractivity contribution < 1.29 is 19.8 Å². The molecule has 0 fully saturated rings. The van der Waals surface area contributed by atoms with Gasteiger partial charge < -0.3 is 16.4 Å². The largest absolute Gasteiger partial charge is 0.481 e. The summed E-state index contributed by atoms with van der Waals surface area (Å²) in [4.78, 5) is 20.5. The van der Waals surface area contributed by atoms with Gasteiger partial charge in [-0.05, 0) is 12.8 Å². The lowest BCUT2D eigenvalue weighted by molar-refractivity contribution is -0.141. The average Bonchev–Trinajstić information content (AvgIpc) is 1.98. The normalized spacial score (nSPS) is 11.2. The van der Waals surface area contributed by atoms with Crippen LogP contribution in [0.1, 0.15) is 19.8 Å². The van der Waals surface area contributed by atoms with Crippen LogP contribution in [0.25, 0.3) is 0 Å². The maximum absolute atomic E-state index is 10.3. The van der Waals surface area contributed by atoms with Crippen molar-refractivity contribution in [1.29, 1.82) is 0 Å². The zero-order chi connectivity index (χ0) is 9.72. The highest BCUT2D eigenvalue weighted by atomic mass is 16.4. The van der Waals surface area contributed by atoms with Gasteiger partial charge in [-0.1, -0.05) is 13.5 Å². The fourth-order valence-corrected chi connectivity index (χ4v) is 0.621. The number of aliphatic carboxylic acids is 2. The molecule has 0 aromatic heterocycles. The Balaban J connectivity index is 0. The van der Waals surface area contributed by atoms with E-state index in [2.05, 4.69) is 6.58 Å². The maximum atomic E-state index is 10.3. The van der Waals surface area contributed by atoms with E-state index in [1.165, 1.54) is 6.92 Å². The molecule has 0 aliphatic rings. The second kappa shape index (κ2) is 6.19. The zero-order valence-electron chi connectivity index (χ0n) is 7.91. The molecule has 76 valence electrons. The summed E-state index contributed by atoms with van der Waals surface area (Å²) in [6.07, 6.45) is 0.545. The van der Waals surface area contributed by atoms with Crippen molar-refractivity contribution in [2.24, 2.45) is 5.92 Å². The lowest BCUT2D eigenvalue weighted by Gasteiger charge is -2.04. The second-order valence-electron chi connectivity index (χ2n) is 2.69. The highest BCUT2D eigenvalue weighted by Crippen LogP contribution is 2.10. The van der Waals surface area contributed by atoms with Crippen LogP contribution in [-0.2, 0) is 9.59 Å². The van der Waals surface area contributed by atoms with E-state index in [0.717, 1.165) is 0 Å². The topological polar surface area (TPSA) is 111 Å². The quantitative estimate of drug-likeness (QED) is 0.570. The lowest BCUT2D eigenvalue weighted by atomic mass is 10.0. The van der Waals surface area contributed by atoms with Gasteiger partial charge in [0.25, 0.3) is 0 Å². The molecular formula is C8H16NO4+. The molecule has 0 saturated carbocycles. The summed E-state index contributed by atoms with van der Waals surface area (Å²) in [6.45, 7) is 4.83. The smallest absolute Gasteiger partial charge is 0.330 e. The molecule has 1 atom stereocenters. The van der Waals surface area contributed by atoms with Gasteiger partial charge in [-0.25, -0.2) is 4.79 Å². The molecule has 6 N–H and O–H groups in total. The van der Waals surface area contributed by atoms with Crippen LogP contribution in [0.5, 0.6) is 0 Å². The molecule has 0 heterocycles. The number of hydrogen-bond acceptors (Lipinski definition) is 2. The Labute approximate surface area is 76.7 Å². The van der Waals surface area contributed by atoms with Crippen LogP contribution in [0.4, 0.5) is 0 Å². The van der Waals surface area contributed by atoms with Gasteiger partial charge in [0.1, 0.15) is 0 Å². The van der Waals surface area contributed by atoms with E-state index in [1.54, 1.807) is 0 Å². The molecule has 0 amide bonds. The van der Waals surface area contributed by atoms with Crippen molar-refractivity contribution in [3.63, 3.8) is 0 Å². The molecule has 0 saturated heterocycles. The predicted molar refractivity (Wildman–Crippen MR) is 48.8 cm³/mol. The van der Waals surface area contributed by atoms with Gasteiger partial charge in [0.2, 0.25) is 0 Å². The number of quaternary nitrogens is 1. The molecule has 0 radical (unpaired) electrons. The van der Waals surface area contributed by atoms with E-state index < -0.39 is 17.9 Å². The molecule has 0 rings (SSSR count). The number of carbonyl (C=O) groups is 2. The van der Waals surface area contributed by atoms with Gasteiger partial charge in [0.15, 0.2) is 0 Å². The zero-order valence-corrected chi connectivity index (χ0v) is 7.91. The summed E-state index contributed by atoms with van der Waals surface area (Å²) in [5, 5.41) is 16.8. The first-order valence-electron chi connectivity index (χ1n) is 3.59. The Hall–Kier alpha value is -1.36. The van der Waals surface area contributed by atoms with Gasteiger partial charge >= 0.3 is 11.9 Å². The monoisotopic (exact) mass is 190 g/mol. The van der Waals surface area contributed by atoms with Crippen molar-refractivity contribution in [1.82, 2.24) is 6.15 Å². The fourth-order valence-electron chi connectivity index (χ4n) is 0.621. The molecule has 5 heteroatoms. The standard InChI is InChI=1S/C8H12O4.H3N/c1-5(7(9)10)3-4-6(2)8(11)12;/h6H,1,3-4H2,2H3,(H,9,10)(H,11,12);1H3/p+1. The number of rotatable bonds is 5. The first kappa shape index (κ1) is 14.2. The molecular weight excluding hydrogens is 174 g/mol. The van der Waals surface area contributed by atoms with Crippen molar-refractivity contribution in [2.75, 3.05) is 0 Å². The molecule has 0 aliphatic heterocycles. The van der Waals surface area contributed by atoms with Gasteiger partial charge in [0.05, 0.1) is 5.92 Å². The summed E-state index contributed by atoms with van der Waals surface area (Å²) in [6, 6.07) is 0. The van der Waals surface area contributed by atoms with Gasteiger partial charge in [-0.15, -0.1) is 0 Å². The fraction of sp³-hybridized carbons (Fsp3) is 0.500. The minimum Gasteiger partial charge on any atom is -0.481 e. The highest BCUT2D eigenvalue weighted by Gasteiger charge is 2.12. The number of carboxylic acids is 2. The summed E-state index contributed by atoms with van der Waals surface area (Å²) in [7, 11) is 0. The molecule has 1 unspecified atom stereocenters. The van der Waals surface area contributed by atoms with E-state index >= 15 is 0 Å². The van der Waals surface area contributed by atoms with E-state index in [0.29, 0.717) is 6.42 Å². The van der Waals surface area contributed by atoms with Crippen LogP contribution in [0, 0.1) is 5.92 Å². The molecule has 13 heavy (non-hydrogen) atoms. The van der Waals surface area contributed by atoms with E-state index in [9.17, 15) is 9.59 Å². The first-order valence-corrected chi connectivity index (χ1v) is 3.59. The summed E-state index contributed by atoms with van der Waals surface area (Å²) >= 11 is 0. The Morgan fingerprint density at radius 2 is 1.85 bits per heavy atom. The van der Waals surface area contributed by atoms with Crippen LogP contribution in [0.15, 0.2) is 12.2 Å². The first-order chi connectivity index (χ1) is 5.45. The molecule has 0 aromatic carbocycles. The summed E-state index contributed by atoms with van der Waals surface area (Å²) in [5.41, 5.74) is 0.0584.